The summed E-state index contributed by atoms with van der Waals surface area (Å²) in [5.41, 5.74) is 0.219. The van der Waals surface area contributed by atoms with Gasteiger partial charge in [0, 0.05) is 36.2 Å². The summed E-state index contributed by atoms with van der Waals surface area (Å²) in [6.07, 6.45) is 0. The largest absolute Gasteiger partial charge is 0.390 e. The summed E-state index contributed by atoms with van der Waals surface area (Å²) in [6.45, 7) is 2.11. The Balaban J connectivity index is 0.00000242. The van der Waals surface area contributed by atoms with E-state index in [2.05, 4.69) is 21.2 Å². The molecule has 0 aliphatic carbocycles. The first-order chi connectivity index (χ1) is 9.86. The van der Waals surface area contributed by atoms with Crippen LogP contribution in [0.1, 0.15) is 17.2 Å². The van der Waals surface area contributed by atoms with Gasteiger partial charge in [-0.25, -0.2) is 13.2 Å². The summed E-state index contributed by atoms with van der Waals surface area (Å²) in [4.78, 5) is 1.52. The average molecular weight is 404 g/mol. The Hall–Kier alpha value is -0.340. The predicted molar refractivity (Wildman–Crippen MR) is 85.3 cm³/mol. The van der Waals surface area contributed by atoms with Crippen LogP contribution in [0.25, 0.3) is 0 Å². The lowest BCUT2D eigenvalue weighted by Crippen LogP contribution is -2.51. The molecule has 0 spiro atoms. The van der Waals surface area contributed by atoms with Gasteiger partial charge in [-0.3, -0.25) is 4.90 Å². The van der Waals surface area contributed by atoms with Crippen molar-refractivity contribution in [2.24, 2.45) is 0 Å². The number of benzene rings is 1. The maximum absolute atomic E-state index is 14.4. The van der Waals surface area contributed by atoms with Crippen molar-refractivity contribution in [3.63, 3.8) is 0 Å². The second kappa shape index (κ2) is 7.97. The maximum Gasteiger partial charge on any atom is 0.290 e. The van der Waals surface area contributed by atoms with Gasteiger partial charge in [-0.2, -0.15) is 0 Å². The van der Waals surface area contributed by atoms with Gasteiger partial charge in [-0.15, -0.1) is 12.4 Å². The van der Waals surface area contributed by atoms with Crippen LogP contribution in [0.15, 0.2) is 16.6 Å². The van der Waals surface area contributed by atoms with Crippen molar-refractivity contribution in [2.45, 2.75) is 18.9 Å². The Morgan fingerprint density at radius 2 is 1.95 bits per heavy atom. The summed E-state index contributed by atoms with van der Waals surface area (Å²) < 4.78 is 43.4. The average Bonchev–Trinajstić information content (AvgIpc) is 2.45. The Morgan fingerprint density at radius 1 is 1.36 bits per heavy atom. The standard InChI is InChI=1S/C14H18BrF3N2O.ClH/c1-9-6-10(15)7-11(12(9)16)13(14(17,18)8-21)20-4-2-19-3-5-20;/h6-7,13,19,21H,2-5,8H2,1H3;1H/t13-;/m1./s1. The van der Waals surface area contributed by atoms with Crippen LogP contribution in [0.2, 0.25) is 0 Å². The Morgan fingerprint density at radius 3 is 2.50 bits per heavy atom. The van der Waals surface area contributed by atoms with E-state index in [1.165, 1.54) is 17.9 Å². The number of nitrogens with one attached hydrogen (secondary N) is 1. The molecule has 1 aromatic rings. The van der Waals surface area contributed by atoms with Gasteiger partial charge in [0.2, 0.25) is 0 Å². The number of aliphatic hydroxyl groups is 1. The van der Waals surface area contributed by atoms with Crippen molar-refractivity contribution >= 4 is 28.3 Å². The molecule has 1 atom stereocenters. The van der Waals surface area contributed by atoms with Crippen LogP contribution >= 0.6 is 28.3 Å². The Labute approximate surface area is 142 Å². The summed E-state index contributed by atoms with van der Waals surface area (Å²) in [6, 6.07) is 1.45. The van der Waals surface area contributed by atoms with E-state index < -0.39 is 24.4 Å². The minimum Gasteiger partial charge on any atom is -0.390 e. The van der Waals surface area contributed by atoms with Gasteiger partial charge in [-0.1, -0.05) is 15.9 Å². The number of halogens is 5. The third-order valence-electron chi connectivity index (χ3n) is 3.67. The van der Waals surface area contributed by atoms with E-state index in [1.54, 1.807) is 6.07 Å². The van der Waals surface area contributed by atoms with E-state index in [0.717, 1.165) is 0 Å². The van der Waals surface area contributed by atoms with Gasteiger partial charge in [0.25, 0.3) is 5.92 Å². The van der Waals surface area contributed by atoms with E-state index in [-0.39, 0.29) is 18.0 Å². The van der Waals surface area contributed by atoms with E-state index in [1.807, 2.05) is 0 Å². The van der Waals surface area contributed by atoms with Crippen molar-refractivity contribution in [2.75, 3.05) is 32.8 Å². The Kier molecular flexibility index (Phi) is 7.14. The fraction of sp³-hybridized carbons (Fsp3) is 0.571. The van der Waals surface area contributed by atoms with Crippen LogP contribution in [0.5, 0.6) is 0 Å². The van der Waals surface area contributed by atoms with Crippen molar-refractivity contribution in [3.8, 4) is 0 Å². The summed E-state index contributed by atoms with van der Waals surface area (Å²) in [5, 5.41) is 12.1. The zero-order valence-corrected chi connectivity index (χ0v) is 14.5. The quantitative estimate of drug-likeness (QED) is 0.811. The molecule has 1 heterocycles. The van der Waals surface area contributed by atoms with E-state index in [4.69, 9.17) is 5.11 Å². The molecule has 1 aliphatic heterocycles. The molecule has 2 rings (SSSR count). The smallest absolute Gasteiger partial charge is 0.290 e. The normalized spacial score (nSPS) is 17.9. The molecule has 0 saturated carbocycles. The van der Waals surface area contributed by atoms with Crippen LogP contribution in [-0.2, 0) is 0 Å². The summed E-state index contributed by atoms with van der Waals surface area (Å²) in [7, 11) is 0. The van der Waals surface area contributed by atoms with Gasteiger partial charge in [0.15, 0.2) is 0 Å². The second-order valence-electron chi connectivity index (χ2n) is 5.23. The SMILES string of the molecule is Cc1cc(Br)cc([C@@H](N2CCNCC2)C(F)(F)CO)c1F.Cl. The molecule has 1 aliphatic rings. The molecule has 22 heavy (non-hydrogen) atoms. The lowest BCUT2D eigenvalue weighted by molar-refractivity contribution is -0.119. The number of piperazine rings is 1. The zero-order valence-electron chi connectivity index (χ0n) is 12.1. The number of nitrogens with zero attached hydrogens (tertiary/aromatic N) is 1. The molecule has 0 aromatic heterocycles. The lowest BCUT2D eigenvalue weighted by atomic mass is 9.96. The molecular formula is C14H19BrClF3N2O. The molecule has 1 fully saturated rings. The highest BCUT2D eigenvalue weighted by molar-refractivity contribution is 9.10. The zero-order chi connectivity index (χ0) is 15.6. The van der Waals surface area contributed by atoms with Crippen molar-refractivity contribution in [1.29, 1.82) is 0 Å². The number of aryl methyl sites for hydroxylation is 1. The topological polar surface area (TPSA) is 35.5 Å². The van der Waals surface area contributed by atoms with Crippen molar-refractivity contribution in [3.05, 3.63) is 33.5 Å². The van der Waals surface area contributed by atoms with Crippen LogP contribution < -0.4 is 5.32 Å². The highest BCUT2D eigenvalue weighted by Crippen LogP contribution is 2.39. The molecule has 1 saturated heterocycles. The molecule has 0 amide bonds. The van der Waals surface area contributed by atoms with Crippen LogP contribution in [0.3, 0.4) is 0 Å². The van der Waals surface area contributed by atoms with Gasteiger partial charge >= 0.3 is 0 Å². The maximum atomic E-state index is 14.4. The van der Waals surface area contributed by atoms with Crippen LogP contribution in [0.4, 0.5) is 13.2 Å². The molecule has 2 N–H and O–H groups in total. The minimum atomic E-state index is -3.41. The first-order valence-corrected chi connectivity index (χ1v) is 7.55. The van der Waals surface area contributed by atoms with Crippen molar-refractivity contribution < 1.29 is 18.3 Å². The molecule has 3 nitrogen and oxygen atoms in total. The molecule has 8 heteroatoms. The molecule has 0 bridgehead atoms. The fourth-order valence-electron chi connectivity index (χ4n) is 2.67. The molecule has 0 radical (unpaired) electrons. The minimum absolute atomic E-state index is 0. The Bertz CT molecular complexity index is 513. The van der Waals surface area contributed by atoms with Gasteiger partial charge < -0.3 is 10.4 Å². The lowest BCUT2D eigenvalue weighted by Gasteiger charge is -2.39. The monoisotopic (exact) mass is 402 g/mol. The molecule has 126 valence electrons. The fourth-order valence-corrected chi connectivity index (χ4v) is 3.26. The van der Waals surface area contributed by atoms with Gasteiger partial charge in [0.05, 0.1) is 0 Å². The number of hydrogen-bond acceptors (Lipinski definition) is 3. The number of rotatable bonds is 4. The third kappa shape index (κ3) is 4.14. The number of alkyl halides is 2. The number of hydrogen-bond donors (Lipinski definition) is 2. The third-order valence-corrected chi connectivity index (χ3v) is 4.13. The highest BCUT2D eigenvalue weighted by Gasteiger charge is 2.45. The summed E-state index contributed by atoms with van der Waals surface area (Å²) in [5.74, 6) is -4.05. The van der Waals surface area contributed by atoms with Crippen LogP contribution in [-0.4, -0.2) is 48.7 Å². The van der Waals surface area contributed by atoms with E-state index >= 15 is 0 Å². The van der Waals surface area contributed by atoms with Crippen LogP contribution in [0, 0.1) is 12.7 Å². The van der Waals surface area contributed by atoms with Gasteiger partial charge in [-0.05, 0) is 24.6 Å². The first kappa shape index (κ1) is 19.7. The van der Waals surface area contributed by atoms with Gasteiger partial charge in [0.1, 0.15) is 18.5 Å². The van der Waals surface area contributed by atoms with E-state index in [0.29, 0.717) is 36.2 Å². The molecular weight excluding hydrogens is 385 g/mol. The first-order valence-electron chi connectivity index (χ1n) is 6.76. The predicted octanol–water partition coefficient (Wildman–Crippen LogP) is 2.89. The van der Waals surface area contributed by atoms with Crippen molar-refractivity contribution in [1.82, 2.24) is 10.2 Å². The second-order valence-corrected chi connectivity index (χ2v) is 6.15. The molecule has 1 aromatic carbocycles. The highest BCUT2D eigenvalue weighted by atomic mass is 79.9. The number of aliphatic hydroxyl groups excluding tert-OH is 1. The van der Waals surface area contributed by atoms with E-state index in [9.17, 15) is 13.2 Å². The summed E-state index contributed by atoms with van der Waals surface area (Å²) >= 11 is 3.22. The molecule has 0 unspecified atom stereocenters.